The van der Waals surface area contributed by atoms with Crippen molar-refractivity contribution in [2.45, 2.75) is 19.4 Å². The summed E-state index contributed by atoms with van der Waals surface area (Å²) in [5, 5.41) is 8.78. The smallest absolute Gasteiger partial charge is 0.319 e. The average Bonchev–Trinajstić information content (AvgIpc) is 2.32. The molecular weight excluding hydrogens is 233 g/mol. The molecule has 0 bridgehead atoms. The third-order valence-corrected chi connectivity index (χ3v) is 3.23. The van der Waals surface area contributed by atoms with Gasteiger partial charge in [0.05, 0.1) is 0 Å². The zero-order chi connectivity index (χ0) is 13.0. The first kappa shape index (κ1) is 12.8. The van der Waals surface area contributed by atoms with Gasteiger partial charge in [-0.15, -0.1) is 0 Å². The number of hydrogen-bond donors (Lipinski definition) is 3. The van der Waals surface area contributed by atoms with Gasteiger partial charge >= 0.3 is 6.03 Å². The molecule has 2 rings (SSSR count). The van der Waals surface area contributed by atoms with E-state index in [9.17, 15) is 9.18 Å². The Morgan fingerprint density at radius 1 is 1.50 bits per heavy atom. The summed E-state index contributed by atoms with van der Waals surface area (Å²) in [6.45, 7) is 3.89. The van der Waals surface area contributed by atoms with Gasteiger partial charge < -0.3 is 16.0 Å². The molecule has 1 aliphatic rings. The van der Waals surface area contributed by atoms with E-state index < -0.39 is 0 Å². The number of halogens is 1. The van der Waals surface area contributed by atoms with Crippen LogP contribution >= 0.6 is 0 Å². The van der Waals surface area contributed by atoms with E-state index in [0.717, 1.165) is 19.5 Å². The normalized spacial score (nSPS) is 23.4. The number of rotatable bonds is 2. The summed E-state index contributed by atoms with van der Waals surface area (Å²) in [7, 11) is 0. The van der Waals surface area contributed by atoms with Crippen molar-refractivity contribution >= 4 is 11.7 Å². The van der Waals surface area contributed by atoms with Crippen molar-refractivity contribution in [3.8, 4) is 0 Å². The molecule has 0 spiro atoms. The van der Waals surface area contributed by atoms with Crippen molar-refractivity contribution in [3.63, 3.8) is 0 Å². The quantitative estimate of drug-likeness (QED) is 0.752. The van der Waals surface area contributed by atoms with Crippen LogP contribution in [0.3, 0.4) is 0 Å². The molecule has 0 saturated carbocycles. The number of piperidine rings is 1. The summed E-state index contributed by atoms with van der Waals surface area (Å²) in [5.41, 5.74) is 0.462. The lowest BCUT2D eigenvalue weighted by Crippen LogP contribution is -2.51. The zero-order valence-corrected chi connectivity index (χ0v) is 10.4. The summed E-state index contributed by atoms with van der Waals surface area (Å²) in [6.07, 6.45) is 1.05. The third kappa shape index (κ3) is 3.43. The fourth-order valence-electron chi connectivity index (χ4n) is 2.08. The van der Waals surface area contributed by atoms with Gasteiger partial charge in [-0.1, -0.05) is 13.0 Å². The Balaban J connectivity index is 1.88. The van der Waals surface area contributed by atoms with E-state index in [2.05, 4.69) is 22.9 Å². The minimum atomic E-state index is -0.361. The third-order valence-electron chi connectivity index (χ3n) is 3.23. The van der Waals surface area contributed by atoms with Gasteiger partial charge in [-0.05, 0) is 37.1 Å². The molecule has 1 aromatic rings. The SMILES string of the molecule is CC1CCNCC1NC(=O)Nc1cccc(F)c1. The highest BCUT2D eigenvalue weighted by Crippen LogP contribution is 2.12. The number of carbonyl (C=O) groups is 1. The van der Waals surface area contributed by atoms with Crippen molar-refractivity contribution in [3.05, 3.63) is 30.1 Å². The molecule has 0 aliphatic carbocycles. The van der Waals surface area contributed by atoms with Crippen LogP contribution in [0.5, 0.6) is 0 Å². The van der Waals surface area contributed by atoms with E-state index >= 15 is 0 Å². The molecule has 1 heterocycles. The van der Waals surface area contributed by atoms with Crippen LogP contribution < -0.4 is 16.0 Å². The van der Waals surface area contributed by atoms with Crippen molar-refractivity contribution in [2.75, 3.05) is 18.4 Å². The van der Waals surface area contributed by atoms with Gasteiger partial charge in [0.2, 0.25) is 0 Å². The topological polar surface area (TPSA) is 53.2 Å². The summed E-state index contributed by atoms with van der Waals surface area (Å²) in [6, 6.07) is 5.69. The molecule has 18 heavy (non-hydrogen) atoms. The Morgan fingerprint density at radius 2 is 2.33 bits per heavy atom. The molecule has 4 nitrogen and oxygen atoms in total. The van der Waals surface area contributed by atoms with Crippen molar-refractivity contribution in [1.82, 2.24) is 10.6 Å². The Hall–Kier alpha value is -1.62. The number of benzene rings is 1. The van der Waals surface area contributed by atoms with Gasteiger partial charge in [-0.2, -0.15) is 0 Å². The van der Waals surface area contributed by atoms with Crippen LogP contribution in [0, 0.1) is 11.7 Å². The molecular formula is C13H18FN3O. The predicted octanol–water partition coefficient (Wildman–Crippen LogP) is 1.95. The van der Waals surface area contributed by atoms with Crippen LogP contribution in [0.2, 0.25) is 0 Å². The predicted molar refractivity (Wildman–Crippen MR) is 69.0 cm³/mol. The Bertz CT molecular complexity index is 424. The van der Waals surface area contributed by atoms with Crippen LogP contribution in [0.15, 0.2) is 24.3 Å². The second-order valence-corrected chi connectivity index (χ2v) is 4.69. The molecule has 3 N–H and O–H groups in total. The summed E-state index contributed by atoms with van der Waals surface area (Å²) in [5.74, 6) is 0.0880. The maximum Gasteiger partial charge on any atom is 0.319 e. The van der Waals surface area contributed by atoms with Crippen LogP contribution in [0.4, 0.5) is 14.9 Å². The standard InChI is InChI=1S/C13H18FN3O/c1-9-5-6-15-8-12(9)17-13(18)16-11-4-2-3-10(14)7-11/h2-4,7,9,12,15H,5-6,8H2,1H3,(H2,16,17,18). The highest BCUT2D eigenvalue weighted by atomic mass is 19.1. The molecule has 0 radical (unpaired) electrons. The number of hydrogen-bond acceptors (Lipinski definition) is 2. The average molecular weight is 251 g/mol. The van der Waals surface area contributed by atoms with Gasteiger partial charge in [-0.25, -0.2) is 9.18 Å². The molecule has 5 heteroatoms. The highest BCUT2D eigenvalue weighted by molar-refractivity contribution is 5.89. The van der Waals surface area contributed by atoms with Crippen molar-refractivity contribution in [2.24, 2.45) is 5.92 Å². The number of amides is 2. The fraction of sp³-hybridized carbons (Fsp3) is 0.462. The first-order valence-corrected chi connectivity index (χ1v) is 6.19. The number of nitrogens with one attached hydrogen (secondary N) is 3. The van der Waals surface area contributed by atoms with Gasteiger partial charge in [0.15, 0.2) is 0 Å². The molecule has 2 amide bonds. The van der Waals surface area contributed by atoms with Crippen LogP contribution in [-0.2, 0) is 0 Å². The second-order valence-electron chi connectivity index (χ2n) is 4.69. The molecule has 0 aromatic heterocycles. The Labute approximate surface area is 106 Å². The minimum absolute atomic E-state index is 0.118. The van der Waals surface area contributed by atoms with E-state index in [4.69, 9.17) is 0 Å². The second kappa shape index (κ2) is 5.82. The first-order chi connectivity index (χ1) is 8.65. The minimum Gasteiger partial charge on any atom is -0.334 e. The maximum absolute atomic E-state index is 13.0. The van der Waals surface area contributed by atoms with Gasteiger partial charge in [0, 0.05) is 18.3 Å². The summed E-state index contributed by atoms with van der Waals surface area (Å²) in [4.78, 5) is 11.8. The molecule has 1 fully saturated rings. The summed E-state index contributed by atoms with van der Waals surface area (Å²) >= 11 is 0. The van der Waals surface area contributed by atoms with Gasteiger partial charge in [-0.3, -0.25) is 0 Å². The molecule has 1 saturated heterocycles. The monoisotopic (exact) mass is 251 g/mol. The molecule has 2 unspecified atom stereocenters. The van der Waals surface area contributed by atoms with E-state index in [1.54, 1.807) is 12.1 Å². The molecule has 98 valence electrons. The van der Waals surface area contributed by atoms with E-state index in [1.807, 2.05) is 0 Å². The maximum atomic E-state index is 13.0. The van der Waals surface area contributed by atoms with E-state index in [1.165, 1.54) is 12.1 Å². The highest BCUT2D eigenvalue weighted by Gasteiger charge is 2.22. The van der Waals surface area contributed by atoms with E-state index in [-0.39, 0.29) is 17.9 Å². The number of anilines is 1. The van der Waals surface area contributed by atoms with Crippen molar-refractivity contribution < 1.29 is 9.18 Å². The van der Waals surface area contributed by atoms with Crippen LogP contribution in [0.1, 0.15) is 13.3 Å². The number of urea groups is 1. The lowest BCUT2D eigenvalue weighted by molar-refractivity contribution is 0.236. The zero-order valence-electron chi connectivity index (χ0n) is 10.4. The largest absolute Gasteiger partial charge is 0.334 e. The van der Waals surface area contributed by atoms with Gasteiger partial charge in [0.25, 0.3) is 0 Å². The molecule has 1 aliphatic heterocycles. The summed E-state index contributed by atoms with van der Waals surface area (Å²) < 4.78 is 13.0. The van der Waals surface area contributed by atoms with E-state index in [0.29, 0.717) is 11.6 Å². The Morgan fingerprint density at radius 3 is 3.06 bits per heavy atom. The molecule has 2 atom stereocenters. The first-order valence-electron chi connectivity index (χ1n) is 6.19. The number of carbonyl (C=O) groups excluding carboxylic acids is 1. The fourth-order valence-corrected chi connectivity index (χ4v) is 2.08. The Kier molecular flexibility index (Phi) is 4.15. The van der Waals surface area contributed by atoms with Crippen LogP contribution in [-0.4, -0.2) is 25.2 Å². The molecule has 1 aromatic carbocycles. The van der Waals surface area contributed by atoms with Gasteiger partial charge in [0.1, 0.15) is 5.82 Å². The van der Waals surface area contributed by atoms with Crippen LogP contribution in [0.25, 0.3) is 0 Å². The lowest BCUT2D eigenvalue weighted by Gasteiger charge is -2.30. The van der Waals surface area contributed by atoms with Crippen molar-refractivity contribution in [1.29, 1.82) is 0 Å². The lowest BCUT2D eigenvalue weighted by atomic mass is 9.95.